The fourth-order valence-electron chi connectivity index (χ4n) is 1.72. The van der Waals surface area contributed by atoms with Crippen molar-refractivity contribution in [2.75, 3.05) is 20.3 Å². The van der Waals surface area contributed by atoms with Crippen LogP contribution in [0.25, 0.3) is 0 Å². The zero-order valence-electron chi connectivity index (χ0n) is 9.91. The molecule has 0 aromatic heterocycles. The number of rotatable bonds is 6. The number of hydrogen-bond acceptors (Lipinski definition) is 3. The van der Waals surface area contributed by atoms with E-state index in [1.54, 1.807) is 6.92 Å². The Hall–Kier alpha value is -1.04. The lowest BCUT2D eigenvalue weighted by Gasteiger charge is -2.22. The summed E-state index contributed by atoms with van der Waals surface area (Å²) in [5, 5.41) is 12.0. The number of methoxy groups -OCH3 is 1. The Morgan fingerprint density at radius 3 is 2.41 bits per heavy atom. The monoisotopic (exact) mass is 245 g/mol. The van der Waals surface area contributed by atoms with E-state index in [0.29, 0.717) is 0 Å². The molecule has 0 saturated heterocycles. The van der Waals surface area contributed by atoms with E-state index in [-0.39, 0.29) is 24.8 Å². The summed E-state index contributed by atoms with van der Waals surface area (Å²) in [5.41, 5.74) is -0.0259. The molecular formula is C12H17F2NO2. The van der Waals surface area contributed by atoms with Crippen LogP contribution in [-0.2, 0) is 4.74 Å². The van der Waals surface area contributed by atoms with Crippen molar-refractivity contribution in [3.05, 3.63) is 35.4 Å². The lowest BCUT2D eigenvalue weighted by atomic mass is 10.1. The van der Waals surface area contributed by atoms with E-state index < -0.39 is 17.7 Å². The van der Waals surface area contributed by atoms with Gasteiger partial charge < -0.3 is 15.2 Å². The summed E-state index contributed by atoms with van der Waals surface area (Å²) in [6.07, 6.45) is 0. The minimum atomic E-state index is -0.598. The molecule has 0 heterocycles. The van der Waals surface area contributed by atoms with Gasteiger partial charge in [0.25, 0.3) is 0 Å². The van der Waals surface area contributed by atoms with E-state index in [0.717, 1.165) is 0 Å². The molecule has 0 amide bonds. The number of hydrogen-bond donors (Lipinski definition) is 2. The van der Waals surface area contributed by atoms with Crippen LogP contribution in [0.5, 0.6) is 0 Å². The zero-order valence-corrected chi connectivity index (χ0v) is 9.91. The van der Waals surface area contributed by atoms with Crippen molar-refractivity contribution in [3.8, 4) is 0 Å². The van der Waals surface area contributed by atoms with Crippen LogP contribution >= 0.6 is 0 Å². The summed E-state index contributed by atoms with van der Waals surface area (Å²) in [4.78, 5) is 0. The second-order valence-corrected chi connectivity index (χ2v) is 3.86. The molecule has 0 bridgehead atoms. The molecule has 0 spiro atoms. The minimum absolute atomic E-state index is 0.0259. The van der Waals surface area contributed by atoms with Crippen LogP contribution in [0.15, 0.2) is 18.2 Å². The Labute approximate surface area is 99.4 Å². The van der Waals surface area contributed by atoms with E-state index in [2.05, 4.69) is 5.32 Å². The van der Waals surface area contributed by atoms with Crippen LogP contribution in [0, 0.1) is 11.6 Å². The lowest BCUT2D eigenvalue weighted by molar-refractivity contribution is 0.123. The van der Waals surface area contributed by atoms with Crippen LogP contribution in [0.3, 0.4) is 0 Å². The average Bonchev–Trinajstić information content (AvgIpc) is 2.28. The van der Waals surface area contributed by atoms with E-state index in [1.165, 1.54) is 25.3 Å². The SMILES string of the molecule is COCC(CO)NC(C)c1c(F)cccc1F. The van der Waals surface area contributed by atoms with Gasteiger partial charge >= 0.3 is 0 Å². The van der Waals surface area contributed by atoms with Crippen molar-refractivity contribution in [2.24, 2.45) is 0 Å². The molecule has 5 heteroatoms. The molecule has 0 fully saturated rings. The summed E-state index contributed by atoms with van der Waals surface area (Å²) < 4.78 is 31.8. The molecule has 1 rings (SSSR count). The number of benzene rings is 1. The van der Waals surface area contributed by atoms with E-state index in [1.807, 2.05) is 0 Å². The second kappa shape index (κ2) is 6.64. The first-order chi connectivity index (χ1) is 8.10. The standard InChI is InChI=1S/C12H17F2NO2/c1-8(15-9(6-16)7-17-2)12-10(13)4-3-5-11(12)14/h3-5,8-9,15-16H,6-7H2,1-2H3. The largest absolute Gasteiger partial charge is 0.395 e. The summed E-state index contributed by atoms with van der Waals surface area (Å²) in [6, 6.07) is 2.85. The van der Waals surface area contributed by atoms with Gasteiger partial charge in [-0.1, -0.05) is 6.07 Å². The third-order valence-electron chi connectivity index (χ3n) is 2.51. The maximum absolute atomic E-state index is 13.5. The van der Waals surface area contributed by atoms with Gasteiger partial charge in [-0.15, -0.1) is 0 Å². The first kappa shape index (κ1) is 14.0. The molecule has 1 aromatic carbocycles. The Kier molecular flexibility index (Phi) is 5.47. The maximum Gasteiger partial charge on any atom is 0.130 e. The molecule has 17 heavy (non-hydrogen) atoms. The van der Waals surface area contributed by atoms with E-state index in [9.17, 15) is 8.78 Å². The van der Waals surface area contributed by atoms with Gasteiger partial charge in [-0.05, 0) is 19.1 Å². The smallest absolute Gasteiger partial charge is 0.130 e. The van der Waals surface area contributed by atoms with Gasteiger partial charge in [-0.25, -0.2) is 8.78 Å². The van der Waals surface area contributed by atoms with Gasteiger partial charge in [0.2, 0.25) is 0 Å². The molecule has 0 radical (unpaired) electrons. The molecule has 0 saturated carbocycles. The number of aliphatic hydroxyl groups excluding tert-OH is 1. The van der Waals surface area contributed by atoms with Crippen LogP contribution in [0.2, 0.25) is 0 Å². The Bertz CT molecular complexity index is 340. The quantitative estimate of drug-likeness (QED) is 0.800. The molecule has 2 unspecified atom stereocenters. The second-order valence-electron chi connectivity index (χ2n) is 3.86. The first-order valence-electron chi connectivity index (χ1n) is 5.40. The van der Waals surface area contributed by atoms with Gasteiger partial charge in [0, 0.05) is 18.7 Å². The van der Waals surface area contributed by atoms with Crippen LogP contribution in [0.1, 0.15) is 18.5 Å². The van der Waals surface area contributed by atoms with Gasteiger partial charge in [0.1, 0.15) is 11.6 Å². The Morgan fingerprint density at radius 2 is 1.94 bits per heavy atom. The number of nitrogens with one attached hydrogen (secondary N) is 1. The Morgan fingerprint density at radius 1 is 1.35 bits per heavy atom. The fourth-order valence-corrected chi connectivity index (χ4v) is 1.72. The molecule has 2 N–H and O–H groups in total. The highest BCUT2D eigenvalue weighted by atomic mass is 19.1. The fraction of sp³-hybridized carbons (Fsp3) is 0.500. The van der Waals surface area contributed by atoms with Crippen LogP contribution < -0.4 is 5.32 Å². The number of halogens is 2. The van der Waals surface area contributed by atoms with Crippen molar-refractivity contribution in [1.82, 2.24) is 5.32 Å². The maximum atomic E-state index is 13.5. The van der Waals surface area contributed by atoms with Crippen molar-refractivity contribution in [2.45, 2.75) is 19.0 Å². The van der Waals surface area contributed by atoms with Gasteiger partial charge in [0.05, 0.1) is 19.3 Å². The highest BCUT2D eigenvalue weighted by Gasteiger charge is 2.18. The molecule has 3 nitrogen and oxygen atoms in total. The van der Waals surface area contributed by atoms with Crippen molar-refractivity contribution < 1.29 is 18.6 Å². The molecule has 96 valence electrons. The molecule has 0 aliphatic rings. The average molecular weight is 245 g/mol. The van der Waals surface area contributed by atoms with Gasteiger partial charge in [-0.3, -0.25) is 0 Å². The summed E-state index contributed by atoms with van der Waals surface area (Å²) in [5.74, 6) is -1.20. The van der Waals surface area contributed by atoms with Crippen LogP contribution in [-0.4, -0.2) is 31.5 Å². The summed E-state index contributed by atoms with van der Waals surface area (Å²) in [6.45, 7) is 1.75. The van der Waals surface area contributed by atoms with Gasteiger partial charge in [-0.2, -0.15) is 0 Å². The predicted molar refractivity (Wildman–Crippen MR) is 60.7 cm³/mol. The van der Waals surface area contributed by atoms with E-state index >= 15 is 0 Å². The van der Waals surface area contributed by atoms with Crippen molar-refractivity contribution in [3.63, 3.8) is 0 Å². The van der Waals surface area contributed by atoms with E-state index in [4.69, 9.17) is 9.84 Å². The van der Waals surface area contributed by atoms with Crippen molar-refractivity contribution in [1.29, 1.82) is 0 Å². The molecule has 0 aliphatic carbocycles. The summed E-state index contributed by atoms with van der Waals surface area (Å²) >= 11 is 0. The highest BCUT2D eigenvalue weighted by molar-refractivity contribution is 5.22. The zero-order chi connectivity index (χ0) is 12.8. The third kappa shape index (κ3) is 3.73. The normalized spacial score (nSPS) is 14.6. The first-order valence-corrected chi connectivity index (χ1v) is 5.40. The molecular weight excluding hydrogens is 228 g/mol. The summed E-state index contributed by atoms with van der Waals surface area (Å²) in [7, 11) is 1.50. The van der Waals surface area contributed by atoms with Gasteiger partial charge in [0.15, 0.2) is 0 Å². The molecule has 0 aliphatic heterocycles. The number of aliphatic hydroxyl groups is 1. The van der Waals surface area contributed by atoms with Crippen molar-refractivity contribution >= 4 is 0 Å². The number of ether oxygens (including phenoxy) is 1. The topological polar surface area (TPSA) is 41.5 Å². The minimum Gasteiger partial charge on any atom is -0.395 e. The van der Waals surface area contributed by atoms with Crippen LogP contribution in [0.4, 0.5) is 8.78 Å². The predicted octanol–water partition coefficient (Wildman–Crippen LogP) is 1.62. The highest BCUT2D eigenvalue weighted by Crippen LogP contribution is 2.20. The third-order valence-corrected chi connectivity index (χ3v) is 2.51. The Balaban J connectivity index is 2.78. The molecule has 1 aromatic rings. The molecule has 2 atom stereocenters. The lowest BCUT2D eigenvalue weighted by Crippen LogP contribution is -2.38.